The van der Waals surface area contributed by atoms with Crippen LogP contribution in [0.4, 0.5) is 11.6 Å². The van der Waals surface area contributed by atoms with Crippen molar-refractivity contribution in [2.45, 2.75) is 33.6 Å². The van der Waals surface area contributed by atoms with Crippen molar-refractivity contribution in [1.82, 2.24) is 15.0 Å². The first-order valence-electron chi connectivity index (χ1n) is 9.38. The van der Waals surface area contributed by atoms with E-state index in [1.165, 1.54) is 0 Å². The molecule has 0 saturated carbocycles. The third kappa shape index (κ3) is 4.39. The third-order valence-electron chi connectivity index (χ3n) is 4.23. The zero-order valence-corrected chi connectivity index (χ0v) is 16.1. The molecule has 6 heteroatoms. The van der Waals surface area contributed by atoms with Gasteiger partial charge in [-0.15, -0.1) is 0 Å². The third-order valence-corrected chi connectivity index (χ3v) is 4.23. The van der Waals surface area contributed by atoms with E-state index in [1.807, 2.05) is 37.3 Å². The Morgan fingerprint density at radius 2 is 1.81 bits per heavy atom. The predicted molar refractivity (Wildman–Crippen MR) is 109 cm³/mol. The standard InChI is InChI=1S/C21H25N5O/c1-4-12-26(13-5-2)21-23-15(3)14-18(25-21)20(27)24-17-10-6-8-16-9-7-11-22-19(16)17/h6-11,14H,4-5,12-13H2,1-3H3,(H,24,27). The molecule has 3 rings (SSSR count). The van der Waals surface area contributed by atoms with Gasteiger partial charge in [0.2, 0.25) is 5.95 Å². The van der Waals surface area contributed by atoms with Crippen molar-refractivity contribution >= 4 is 28.4 Å². The Morgan fingerprint density at radius 3 is 2.56 bits per heavy atom. The van der Waals surface area contributed by atoms with Crippen molar-refractivity contribution < 1.29 is 4.79 Å². The van der Waals surface area contributed by atoms with E-state index in [-0.39, 0.29) is 5.91 Å². The van der Waals surface area contributed by atoms with Gasteiger partial charge < -0.3 is 10.2 Å². The Bertz CT molecular complexity index is 930. The van der Waals surface area contributed by atoms with E-state index < -0.39 is 0 Å². The summed E-state index contributed by atoms with van der Waals surface area (Å²) in [6, 6.07) is 11.3. The molecule has 27 heavy (non-hydrogen) atoms. The van der Waals surface area contributed by atoms with Crippen molar-refractivity contribution in [1.29, 1.82) is 0 Å². The fraction of sp³-hybridized carbons (Fsp3) is 0.333. The molecule has 6 nitrogen and oxygen atoms in total. The van der Waals surface area contributed by atoms with Crippen LogP contribution in [-0.4, -0.2) is 33.9 Å². The number of para-hydroxylation sites is 1. The van der Waals surface area contributed by atoms with Gasteiger partial charge >= 0.3 is 0 Å². The summed E-state index contributed by atoms with van der Waals surface area (Å²) >= 11 is 0. The van der Waals surface area contributed by atoms with Crippen LogP contribution in [0.2, 0.25) is 0 Å². The molecule has 140 valence electrons. The number of amides is 1. The van der Waals surface area contributed by atoms with E-state index >= 15 is 0 Å². The van der Waals surface area contributed by atoms with Gasteiger partial charge in [0.1, 0.15) is 5.69 Å². The van der Waals surface area contributed by atoms with Gasteiger partial charge in [-0.1, -0.05) is 32.0 Å². The Labute approximate surface area is 159 Å². The molecule has 2 heterocycles. The lowest BCUT2D eigenvalue weighted by molar-refractivity contribution is 0.102. The number of nitrogens with one attached hydrogen (secondary N) is 1. The molecule has 0 unspecified atom stereocenters. The minimum Gasteiger partial charge on any atom is -0.341 e. The summed E-state index contributed by atoms with van der Waals surface area (Å²) in [7, 11) is 0. The normalized spacial score (nSPS) is 10.8. The second-order valence-electron chi connectivity index (χ2n) is 6.52. The molecule has 0 atom stereocenters. The number of hydrogen-bond acceptors (Lipinski definition) is 5. The lowest BCUT2D eigenvalue weighted by Gasteiger charge is -2.22. The van der Waals surface area contributed by atoms with E-state index in [9.17, 15) is 4.79 Å². The summed E-state index contributed by atoms with van der Waals surface area (Å²) in [5.41, 5.74) is 2.58. The van der Waals surface area contributed by atoms with Crippen molar-refractivity contribution in [3.8, 4) is 0 Å². The Hall–Kier alpha value is -3.02. The summed E-state index contributed by atoms with van der Waals surface area (Å²) < 4.78 is 0. The van der Waals surface area contributed by atoms with Gasteiger partial charge in [0.05, 0.1) is 11.2 Å². The lowest BCUT2D eigenvalue weighted by Crippen LogP contribution is -2.28. The number of hydrogen-bond donors (Lipinski definition) is 1. The lowest BCUT2D eigenvalue weighted by atomic mass is 10.2. The molecular formula is C21H25N5O. The number of rotatable bonds is 7. The second kappa shape index (κ2) is 8.58. The number of anilines is 2. The minimum absolute atomic E-state index is 0.257. The largest absolute Gasteiger partial charge is 0.341 e. The molecule has 0 aliphatic carbocycles. The zero-order chi connectivity index (χ0) is 19.2. The van der Waals surface area contributed by atoms with Crippen LogP contribution in [0.25, 0.3) is 10.9 Å². The Kier molecular flexibility index (Phi) is 5.96. The van der Waals surface area contributed by atoms with Crippen LogP contribution >= 0.6 is 0 Å². The predicted octanol–water partition coefficient (Wildman–Crippen LogP) is 4.21. The average Bonchev–Trinajstić information content (AvgIpc) is 2.67. The van der Waals surface area contributed by atoms with E-state index in [2.05, 4.69) is 39.0 Å². The maximum atomic E-state index is 12.9. The highest BCUT2D eigenvalue weighted by atomic mass is 16.1. The molecule has 0 aliphatic rings. The molecule has 0 radical (unpaired) electrons. The second-order valence-corrected chi connectivity index (χ2v) is 6.52. The summed E-state index contributed by atoms with van der Waals surface area (Å²) in [4.78, 5) is 28.4. The van der Waals surface area contributed by atoms with Gasteiger partial charge in [0.15, 0.2) is 0 Å². The fourth-order valence-corrected chi connectivity index (χ4v) is 3.05. The van der Waals surface area contributed by atoms with Crippen LogP contribution in [0.15, 0.2) is 42.6 Å². The maximum absolute atomic E-state index is 12.9. The fourth-order valence-electron chi connectivity index (χ4n) is 3.05. The molecule has 0 aliphatic heterocycles. The number of pyridine rings is 1. The SMILES string of the molecule is CCCN(CCC)c1nc(C)cc(C(=O)Nc2cccc3cccnc23)n1. The molecule has 3 aromatic rings. The minimum atomic E-state index is -0.257. The quantitative estimate of drug-likeness (QED) is 0.681. The first-order chi connectivity index (χ1) is 13.1. The number of aryl methyl sites for hydroxylation is 1. The van der Waals surface area contributed by atoms with Crippen molar-refractivity contribution in [3.05, 3.63) is 54.0 Å². The Balaban J connectivity index is 1.90. The first-order valence-corrected chi connectivity index (χ1v) is 9.38. The summed E-state index contributed by atoms with van der Waals surface area (Å²) in [6.07, 6.45) is 3.72. The van der Waals surface area contributed by atoms with Crippen molar-refractivity contribution in [2.75, 3.05) is 23.3 Å². The van der Waals surface area contributed by atoms with Crippen molar-refractivity contribution in [3.63, 3.8) is 0 Å². The molecule has 0 bridgehead atoms. The van der Waals surface area contributed by atoms with E-state index in [4.69, 9.17) is 0 Å². The van der Waals surface area contributed by atoms with Crippen LogP contribution in [0.5, 0.6) is 0 Å². The highest BCUT2D eigenvalue weighted by Crippen LogP contribution is 2.21. The zero-order valence-electron chi connectivity index (χ0n) is 16.1. The van der Waals surface area contributed by atoms with E-state index in [0.717, 1.165) is 42.5 Å². The average molecular weight is 363 g/mol. The first kappa shape index (κ1) is 18.8. The van der Waals surface area contributed by atoms with Gasteiger partial charge in [-0.25, -0.2) is 9.97 Å². The summed E-state index contributed by atoms with van der Waals surface area (Å²) in [6.45, 7) is 7.87. The van der Waals surface area contributed by atoms with Gasteiger partial charge in [0.25, 0.3) is 5.91 Å². The van der Waals surface area contributed by atoms with Gasteiger partial charge in [-0.3, -0.25) is 9.78 Å². The molecule has 0 saturated heterocycles. The highest BCUT2D eigenvalue weighted by Gasteiger charge is 2.15. The highest BCUT2D eigenvalue weighted by molar-refractivity contribution is 6.07. The van der Waals surface area contributed by atoms with Crippen molar-refractivity contribution in [2.24, 2.45) is 0 Å². The van der Waals surface area contributed by atoms with Crippen LogP contribution in [0, 0.1) is 6.92 Å². The monoisotopic (exact) mass is 363 g/mol. The van der Waals surface area contributed by atoms with Crippen LogP contribution in [-0.2, 0) is 0 Å². The number of nitrogens with zero attached hydrogens (tertiary/aromatic N) is 4. The van der Waals surface area contributed by atoms with Crippen LogP contribution < -0.4 is 10.2 Å². The number of carbonyl (C=O) groups excluding carboxylic acids is 1. The topological polar surface area (TPSA) is 71.0 Å². The number of fused-ring (bicyclic) bond motifs is 1. The summed E-state index contributed by atoms with van der Waals surface area (Å²) in [5, 5.41) is 3.93. The Morgan fingerprint density at radius 1 is 1.07 bits per heavy atom. The van der Waals surface area contributed by atoms with Crippen LogP contribution in [0.1, 0.15) is 42.9 Å². The summed E-state index contributed by atoms with van der Waals surface area (Å²) in [5.74, 6) is 0.354. The van der Waals surface area contributed by atoms with E-state index in [1.54, 1.807) is 12.3 Å². The van der Waals surface area contributed by atoms with Gasteiger partial charge in [0, 0.05) is 30.4 Å². The van der Waals surface area contributed by atoms with Gasteiger partial charge in [-0.2, -0.15) is 0 Å². The molecule has 1 amide bonds. The smallest absolute Gasteiger partial charge is 0.274 e. The molecule has 1 aromatic carbocycles. The molecular weight excluding hydrogens is 338 g/mol. The number of aromatic nitrogens is 3. The number of carbonyl (C=O) groups is 1. The molecule has 1 N–H and O–H groups in total. The maximum Gasteiger partial charge on any atom is 0.274 e. The van der Waals surface area contributed by atoms with Crippen LogP contribution in [0.3, 0.4) is 0 Å². The number of benzene rings is 1. The molecule has 2 aromatic heterocycles. The van der Waals surface area contributed by atoms with E-state index in [0.29, 0.717) is 17.3 Å². The van der Waals surface area contributed by atoms with Gasteiger partial charge in [-0.05, 0) is 38.0 Å². The molecule has 0 spiro atoms. The molecule has 0 fully saturated rings.